The van der Waals surface area contributed by atoms with E-state index < -0.39 is 4.92 Å². The third-order valence-electron chi connectivity index (χ3n) is 2.54. The van der Waals surface area contributed by atoms with Crippen LogP contribution < -0.4 is 0 Å². The highest BCUT2D eigenvalue weighted by Crippen LogP contribution is 2.21. The van der Waals surface area contributed by atoms with E-state index in [4.69, 9.17) is 11.6 Å². The van der Waals surface area contributed by atoms with Gasteiger partial charge in [0.05, 0.1) is 22.6 Å². The highest BCUT2D eigenvalue weighted by atomic mass is 35.5. The maximum absolute atomic E-state index is 10.8. The van der Waals surface area contributed by atoms with Gasteiger partial charge in [0.2, 0.25) is 0 Å². The molecular formula is C11H6ClN5O2. The van der Waals surface area contributed by atoms with Gasteiger partial charge in [-0.05, 0) is 12.1 Å². The number of hydrogen-bond acceptors (Lipinski definition) is 5. The fraction of sp³-hybridized carbons (Fsp3) is 0. The van der Waals surface area contributed by atoms with Crippen LogP contribution in [0.15, 0.2) is 36.4 Å². The first kappa shape index (κ1) is 11.5. The van der Waals surface area contributed by atoms with Gasteiger partial charge in [0.15, 0.2) is 5.82 Å². The number of pyridine rings is 1. The molecule has 0 aliphatic rings. The monoisotopic (exact) mass is 275 g/mol. The Morgan fingerprint density at radius 1 is 1.26 bits per heavy atom. The molecule has 0 unspecified atom stereocenters. The van der Waals surface area contributed by atoms with Crippen molar-refractivity contribution in [3.8, 4) is 5.82 Å². The Kier molecular flexibility index (Phi) is 2.60. The number of nitro groups is 1. The Morgan fingerprint density at radius 2 is 2.05 bits per heavy atom. The predicted octanol–water partition coefficient (Wildman–Crippen LogP) is 2.38. The van der Waals surface area contributed by atoms with Crippen molar-refractivity contribution in [1.29, 1.82) is 0 Å². The second-order valence-electron chi connectivity index (χ2n) is 3.75. The van der Waals surface area contributed by atoms with Crippen molar-refractivity contribution in [2.75, 3.05) is 0 Å². The van der Waals surface area contributed by atoms with E-state index in [0.717, 1.165) is 0 Å². The Morgan fingerprint density at radius 3 is 2.84 bits per heavy atom. The minimum absolute atomic E-state index is 0.0313. The summed E-state index contributed by atoms with van der Waals surface area (Å²) in [5.41, 5.74) is 1.23. The second-order valence-corrected chi connectivity index (χ2v) is 4.14. The van der Waals surface area contributed by atoms with Gasteiger partial charge in [-0.3, -0.25) is 10.1 Å². The number of hydrogen-bond donors (Lipinski definition) is 0. The van der Waals surface area contributed by atoms with Crippen molar-refractivity contribution in [1.82, 2.24) is 20.0 Å². The van der Waals surface area contributed by atoms with Crippen LogP contribution in [0.5, 0.6) is 0 Å². The Labute approximate surface area is 111 Å². The molecular weight excluding hydrogens is 270 g/mol. The van der Waals surface area contributed by atoms with Crippen LogP contribution in [0.3, 0.4) is 0 Å². The molecule has 1 aromatic carbocycles. The first-order valence-corrected chi connectivity index (χ1v) is 5.66. The van der Waals surface area contributed by atoms with Crippen molar-refractivity contribution < 1.29 is 4.92 Å². The van der Waals surface area contributed by atoms with Crippen LogP contribution in [0.4, 0.5) is 5.69 Å². The minimum Gasteiger partial charge on any atom is -0.258 e. The lowest BCUT2D eigenvalue weighted by Gasteiger charge is -2.01. The molecule has 0 spiro atoms. The molecule has 0 bridgehead atoms. The molecule has 8 heteroatoms. The number of halogens is 1. The van der Waals surface area contributed by atoms with Crippen molar-refractivity contribution in [3.63, 3.8) is 0 Å². The molecule has 0 amide bonds. The summed E-state index contributed by atoms with van der Waals surface area (Å²) < 4.78 is 1.41. The zero-order valence-electron chi connectivity index (χ0n) is 9.39. The Balaban J connectivity index is 2.24. The van der Waals surface area contributed by atoms with Gasteiger partial charge in [-0.1, -0.05) is 28.9 Å². The highest BCUT2D eigenvalue weighted by molar-refractivity contribution is 6.29. The van der Waals surface area contributed by atoms with Gasteiger partial charge >= 0.3 is 0 Å². The largest absolute Gasteiger partial charge is 0.276 e. The molecule has 0 aliphatic heterocycles. The Bertz CT molecular complexity index is 786. The average molecular weight is 276 g/mol. The molecule has 0 radical (unpaired) electrons. The molecule has 0 atom stereocenters. The summed E-state index contributed by atoms with van der Waals surface area (Å²) in [6.07, 6.45) is 0. The fourth-order valence-electron chi connectivity index (χ4n) is 1.72. The molecule has 2 aromatic heterocycles. The number of aromatic nitrogens is 4. The van der Waals surface area contributed by atoms with Crippen molar-refractivity contribution in [2.45, 2.75) is 0 Å². The van der Waals surface area contributed by atoms with Gasteiger partial charge in [-0.25, -0.2) is 4.98 Å². The number of para-hydroxylation sites is 1. The van der Waals surface area contributed by atoms with E-state index in [0.29, 0.717) is 11.0 Å². The number of benzene rings is 1. The van der Waals surface area contributed by atoms with Crippen molar-refractivity contribution in [2.24, 2.45) is 0 Å². The third-order valence-corrected chi connectivity index (χ3v) is 2.74. The molecule has 0 saturated heterocycles. The van der Waals surface area contributed by atoms with E-state index in [1.54, 1.807) is 12.1 Å². The van der Waals surface area contributed by atoms with Gasteiger partial charge in [0, 0.05) is 0 Å². The molecule has 7 nitrogen and oxygen atoms in total. The zero-order valence-corrected chi connectivity index (χ0v) is 10.2. The SMILES string of the molecule is O=[N+]([O-])c1cc(Cl)nc(-n2nnc3ccccc32)c1. The molecule has 3 aromatic rings. The molecule has 0 fully saturated rings. The standard InChI is InChI=1S/C11H6ClN5O2/c12-10-5-7(17(18)19)6-11(13-10)16-9-4-2-1-3-8(9)14-15-16/h1-6H. The van der Waals surface area contributed by atoms with E-state index in [1.807, 2.05) is 12.1 Å². The maximum Gasteiger partial charge on any atom is 0.276 e. The van der Waals surface area contributed by atoms with E-state index in [1.165, 1.54) is 16.8 Å². The van der Waals surface area contributed by atoms with Crippen LogP contribution in [-0.4, -0.2) is 24.9 Å². The molecule has 19 heavy (non-hydrogen) atoms. The van der Waals surface area contributed by atoms with Gasteiger partial charge in [-0.15, -0.1) is 5.10 Å². The summed E-state index contributed by atoms with van der Waals surface area (Å²) in [6, 6.07) is 9.72. The summed E-state index contributed by atoms with van der Waals surface area (Å²) >= 11 is 5.79. The molecule has 94 valence electrons. The van der Waals surface area contributed by atoms with Crippen LogP contribution in [0.1, 0.15) is 0 Å². The van der Waals surface area contributed by atoms with Crippen molar-refractivity contribution >= 4 is 28.3 Å². The van der Waals surface area contributed by atoms with E-state index >= 15 is 0 Å². The zero-order chi connectivity index (χ0) is 13.4. The first-order chi connectivity index (χ1) is 9.15. The molecule has 0 aliphatic carbocycles. The summed E-state index contributed by atoms with van der Waals surface area (Å²) in [6.45, 7) is 0. The number of nitrogens with zero attached hydrogens (tertiary/aromatic N) is 5. The Hall–Kier alpha value is -2.54. The van der Waals surface area contributed by atoms with Gasteiger partial charge in [-0.2, -0.15) is 4.68 Å². The summed E-state index contributed by atoms with van der Waals surface area (Å²) in [5, 5.41) is 18.7. The van der Waals surface area contributed by atoms with E-state index in [-0.39, 0.29) is 16.7 Å². The average Bonchev–Trinajstić information content (AvgIpc) is 2.81. The first-order valence-electron chi connectivity index (χ1n) is 5.28. The minimum atomic E-state index is -0.532. The van der Waals surface area contributed by atoms with Crippen LogP contribution >= 0.6 is 11.6 Å². The van der Waals surface area contributed by atoms with Crippen LogP contribution in [-0.2, 0) is 0 Å². The molecule has 3 rings (SSSR count). The van der Waals surface area contributed by atoms with Crippen molar-refractivity contribution in [3.05, 3.63) is 51.7 Å². The summed E-state index contributed by atoms with van der Waals surface area (Å²) in [5.74, 6) is 0.257. The lowest BCUT2D eigenvalue weighted by Crippen LogP contribution is -2.01. The molecule has 0 N–H and O–H groups in total. The van der Waals surface area contributed by atoms with Crippen LogP contribution in [0.25, 0.3) is 16.9 Å². The van der Waals surface area contributed by atoms with E-state index in [2.05, 4.69) is 15.3 Å². The third kappa shape index (κ3) is 2.00. The lowest BCUT2D eigenvalue weighted by atomic mass is 10.3. The van der Waals surface area contributed by atoms with Gasteiger partial charge in [0.25, 0.3) is 5.69 Å². The highest BCUT2D eigenvalue weighted by Gasteiger charge is 2.14. The molecule has 2 heterocycles. The van der Waals surface area contributed by atoms with Gasteiger partial charge in [0.1, 0.15) is 10.7 Å². The second kappa shape index (κ2) is 4.29. The quantitative estimate of drug-likeness (QED) is 0.407. The lowest BCUT2D eigenvalue weighted by molar-refractivity contribution is -0.384. The van der Waals surface area contributed by atoms with Crippen LogP contribution in [0.2, 0.25) is 5.15 Å². The summed E-state index contributed by atoms with van der Waals surface area (Å²) in [4.78, 5) is 14.3. The number of rotatable bonds is 2. The van der Waals surface area contributed by atoms with E-state index in [9.17, 15) is 10.1 Å². The fourth-order valence-corrected chi connectivity index (χ4v) is 1.92. The van der Waals surface area contributed by atoms with Crippen LogP contribution in [0, 0.1) is 10.1 Å². The number of fused-ring (bicyclic) bond motifs is 1. The predicted molar refractivity (Wildman–Crippen MR) is 68.3 cm³/mol. The normalized spacial score (nSPS) is 10.8. The molecule has 0 saturated carbocycles. The summed E-state index contributed by atoms with van der Waals surface area (Å²) in [7, 11) is 0. The topological polar surface area (TPSA) is 86.7 Å². The maximum atomic E-state index is 10.8. The van der Waals surface area contributed by atoms with Gasteiger partial charge < -0.3 is 0 Å². The smallest absolute Gasteiger partial charge is 0.258 e.